The van der Waals surface area contributed by atoms with Crippen LogP contribution in [0.15, 0.2) is 0 Å². The lowest BCUT2D eigenvalue weighted by Crippen LogP contribution is -2.03. The van der Waals surface area contributed by atoms with E-state index in [1.165, 1.54) is 60.5 Å². The molecule has 0 atom stereocenters. The Morgan fingerprint density at radius 2 is 2.00 bits per heavy atom. The number of thiazole rings is 1. The van der Waals surface area contributed by atoms with E-state index < -0.39 is 0 Å². The summed E-state index contributed by atoms with van der Waals surface area (Å²) in [7, 11) is 0. The summed E-state index contributed by atoms with van der Waals surface area (Å²) in [5.41, 5.74) is 1.29. The monoisotopic (exact) mass is 223 g/mol. The van der Waals surface area contributed by atoms with Crippen LogP contribution >= 0.6 is 11.3 Å². The van der Waals surface area contributed by atoms with Crippen LogP contribution in [-0.2, 0) is 6.42 Å². The summed E-state index contributed by atoms with van der Waals surface area (Å²) in [6.07, 6.45) is 9.46. The van der Waals surface area contributed by atoms with Gasteiger partial charge in [0, 0.05) is 10.8 Å². The number of aryl methyl sites for hydroxylation is 2. The summed E-state index contributed by atoms with van der Waals surface area (Å²) < 4.78 is 0. The molecule has 84 valence electrons. The van der Waals surface area contributed by atoms with Crippen molar-refractivity contribution < 1.29 is 0 Å². The summed E-state index contributed by atoms with van der Waals surface area (Å²) in [6.45, 7) is 4.42. The van der Waals surface area contributed by atoms with Crippen LogP contribution in [0.2, 0.25) is 0 Å². The molecule has 0 aromatic carbocycles. The molecular weight excluding hydrogens is 202 g/mol. The number of hydrogen-bond acceptors (Lipinski definition) is 2. The van der Waals surface area contributed by atoms with E-state index in [1.54, 1.807) is 0 Å². The third-order valence-electron chi connectivity index (χ3n) is 3.34. The molecule has 1 aromatic heterocycles. The minimum absolute atomic E-state index is 0.785. The molecule has 1 aliphatic carbocycles. The molecule has 0 saturated heterocycles. The van der Waals surface area contributed by atoms with Crippen LogP contribution in [0.25, 0.3) is 0 Å². The fourth-order valence-corrected chi connectivity index (χ4v) is 3.77. The van der Waals surface area contributed by atoms with Crippen molar-refractivity contribution in [1.29, 1.82) is 0 Å². The Bertz CT molecular complexity index is 310. The van der Waals surface area contributed by atoms with Crippen LogP contribution in [-0.4, -0.2) is 4.98 Å². The Labute approximate surface area is 96.9 Å². The quantitative estimate of drug-likeness (QED) is 0.737. The van der Waals surface area contributed by atoms with E-state index in [9.17, 15) is 0 Å². The Balaban J connectivity index is 2.10. The van der Waals surface area contributed by atoms with E-state index in [0.717, 1.165) is 5.92 Å². The third kappa shape index (κ3) is 2.60. The molecule has 1 saturated carbocycles. The Morgan fingerprint density at radius 1 is 1.27 bits per heavy atom. The molecule has 0 amide bonds. The zero-order valence-corrected chi connectivity index (χ0v) is 10.7. The molecule has 1 heterocycles. The van der Waals surface area contributed by atoms with Crippen LogP contribution in [0.4, 0.5) is 0 Å². The summed E-state index contributed by atoms with van der Waals surface area (Å²) in [5, 5.41) is 1.43. The maximum Gasteiger partial charge on any atom is 0.0961 e. The SMILES string of the molecule is CCCc1sc(C2CCCCC2)nc1C. The second-order valence-electron chi connectivity index (χ2n) is 4.65. The molecule has 1 fully saturated rings. The first-order valence-electron chi connectivity index (χ1n) is 6.27. The molecule has 2 heteroatoms. The predicted molar refractivity (Wildman–Crippen MR) is 66.7 cm³/mol. The molecule has 0 aliphatic heterocycles. The van der Waals surface area contributed by atoms with Gasteiger partial charge < -0.3 is 0 Å². The first-order chi connectivity index (χ1) is 7.31. The third-order valence-corrected chi connectivity index (χ3v) is 4.72. The highest BCUT2D eigenvalue weighted by Gasteiger charge is 2.19. The van der Waals surface area contributed by atoms with Gasteiger partial charge in [-0.3, -0.25) is 0 Å². The van der Waals surface area contributed by atoms with Gasteiger partial charge in [-0.05, 0) is 26.2 Å². The lowest BCUT2D eigenvalue weighted by atomic mass is 9.90. The van der Waals surface area contributed by atoms with Crippen molar-refractivity contribution in [2.45, 2.75) is 64.7 Å². The van der Waals surface area contributed by atoms with E-state index in [2.05, 4.69) is 13.8 Å². The molecule has 1 aliphatic rings. The zero-order chi connectivity index (χ0) is 10.7. The molecule has 0 unspecified atom stereocenters. The van der Waals surface area contributed by atoms with Gasteiger partial charge in [-0.1, -0.05) is 32.6 Å². The van der Waals surface area contributed by atoms with Crippen LogP contribution in [0.3, 0.4) is 0 Å². The van der Waals surface area contributed by atoms with Gasteiger partial charge in [0.05, 0.1) is 10.7 Å². The predicted octanol–water partition coefficient (Wildman–Crippen LogP) is 4.45. The molecular formula is C13H21NS. The minimum atomic E-state index is 0.785. The highest BCUT2D eigenvalue weighted by Crippen LogP contribution is 2.36. The summed E-state index contributed by atoms with van der Waals surface area (Å²) in [6, 6.07) is 0. The van der Waals surface area contributed by atoms with E-state index in [-0.39, 0.29) is 0 Å². The van der Waals surface area contributed by atoms with Crippen molar-refractivity contribution in [2.24, 2.45) is 0 Å². The van der Waals surface area contributed by atoms with Gasteiger partial charge in [0.2, 0.25) is 0 Å². The van der Waals surface area contributed by atoms with Crippen LogP contribution < -0.4 is 0 Å². The van der Waals surface area contributed by atoms with Gasteiger partial charge in [0.25, 0.3) is 0 Å². The van der Waals surface area contributed by atoms with E-state index in [4.69, 9.17) is 4.98 Å². The van der Waals surface area contributed by atoms with Gasteiger partial charge >= 0.3 is 0 Å². The smallest absolute Gasteiger partial charge is 0.0961 e. The maximum absolute atomic E-state index is 4.77. The largest absolute Gasteiger partial charge is 0.246 e. The van der Waals surface area contributed by atoms with Gasteiger partial charge in [0.15, 0.2) is 0 Å². The number of rotatable bonds is 3. The fourth-order valence-electron chi connectivity index (χ4n) is 2.43. The highest BCUT2D eigenvalue weighted by molar-refractivity contribution is 7.11. The van der Waals surface area contributed by atoms with E-state index >= 15 is 0 Å². The van der Waals surface area contributed by atoms with Gasteiger partial charge in [-0.2, -0.15) is 0 Å². The number of aromatic nitrogens is 1. The second kappa shape index (κ2) is 5.11. The number of hydrogen-bond donors (Lipinski definition) is 0. The molecule has 2 rings (SSSR count). The maximum atomic E-state index is 4.77. The van der Waals surface area contributed by atoms with Crippen LogP contribution in [0.1, 0.15) is 66.9 Å². The van der Waals surface area contributed by atoms with Crippen molar-refractivity contribution in [3.63, 3.8) is 0 Å². The molecule has 0 bridgehead atoms. The second-order valence-corrected chi connectivity index (χ2v) is 5.76. The molecule has 15 heavy (non-hydrogen) atoms. The van der Waals surface area contributed by atoms with Crippen molar-refractivity contribution in [2.75, 3.05) is 0 Å². The van der Waals surface area contributed by atoms with Crippen molar-refractivity contribution in [3.8, 4) is 0 Å². The summed E-state index contributed by atoms with van der Waals surface area (Å²) in [4.78, 5) is 6.30. The van der Waals surface area contributed by atoms with Crippen LogP contribution in [0.5, 0.6) is 0 Å². The lowest BCUT2D eigenvalue weighted by Gasteiger charge is -2.18. The van der Waals surface area contributed by atoms with E-state index in [1.807, 2.05) is 11.3 Å². The lowest BCUT2D eigenvalue weighted by molar-refractivity contribution is 0.442. The molecule has 1 aromatic rings. The van der Waals surface area contributed by atoms with Crippen molar-refractivity contribution in [3.05, 3.63) is 15.6 Å². The topological polar surface area (TPSA) is 12.9 Å². The van der Waals surface area contributed by atoms with Gasteiger partial charge in [-0.15, -0.1) is 11.3 Å². The number of nitrogens with zero attached hydrogens (tertiary/aromatic N) is 1. The minimum Gasteiger partial charge on any atom is -0.246 e. The Hall–Kier alpha value is -0.370. The molecule has 0 N–H and O–H groups in total. The zero-order valence-electron chi connectivity index (χ0n) is 9.88. The standard InChI is InChI=1S/C13H21NS/c1-3-7-12-10(2)14-13(15-12)11-8-5-4-6-9-11/h11H,3-9H2,1-2H3. The van der Waals surface area contributed by atoms with Crippen LogP contribution in [0, 0.1) is 6.92 Å². The summed E-state index contributed by atoms with van der Waals surface area (Å²) in [5.74, 6) is 0.785. The molecule has 1 nitrogen and oxygen atoms in total. The average Bonchev–Trinajstić information content (AvgIpc) is 2.63. The molecule has 0 radical (unpaired) electrons. The first kappa shape index (κ1) is 11.1. The van der Waals surface area contributed by atoms with E-state index in [0.29, 0.717) is 0 Å². The molecule has 0 spiro atoms. The van der Waals surface area contributed by atoms with Gasteiger partial charge in [0.1, 0.15) is 0 Å². The summed E-state index contributed by atoms with van der Waals surface area (Å²) >= 11 is 1.98. The average molecular weight is 223 g/mol. The Kier molecular flexibility index (Phi) is 3.79. The first-order valence-corrected chi connectivity index (χ1v) is 7.09. The van der Waals surface area contributed by atoms with Crippen molar-refractivity contribution in [1.82, 2.24) is 4.98 Å². The highest BCUT2D eigenvalue weighted by atomic mass is 32.1. The fraction of sp³-hybridized carbons (Fsp3) is 0.769. The normalized spacial score (nSPS) is 18.3. The Morgan fingerprint density at radius 3 is 2.67 bits per heavy atom. The van der Waals surface area contributed by atoms with Gasteiger partial charge in [-0.25, -0.2) is 4.98 Å². The van der Waals surface area contributed by atoms with Crippen molar-refractivity contribution >= 4 is 11.3 Å².